The first-order chi connectivity index (χ1) is 29.7. The van der Waals surface area contributed by atoms with Crippen molar-refractivity contribution in [2.75, 3.05) is 27.2 Å². The van der Waals surface area contributed by atoms with Gasteiger partial charge in [-0.2, -0.15) is 0 Å². The molecule has 0 radical (unpaired) electrons. The van der Waals surface area contributed by atoms with Crippen LogP contribution in [0.15, 0.2) is 41.8 Å². The van der Waals surface area contributed by atoms with Crippen LogP contribution in [0.1, 0.15) is 138 Å². The summed E-state index contributed by atoms with van der Waals surface area (Å²) in [6.45, 7) is 14.8. The number of likely N-dealkylation sites (N-methyl/N-ethyl adjacent to an activating group) is 1. The Morgan fingerprint density at radius 2 is 1.63 bits per heavy atom. The number of aliphatic carboxylic acids is 1. The number of nitrogens with one attached hydrogen (secondary N) is 2. The van der Waals surface area contributed by atoms with Crippen molar-refractivity contribution < 1.29 is 38.7 Å². The van der Waals surface area contributed by atoms with Crippen molar-refractivity contribution in [2.24, 2.45) is 23.7 Å². The number of imide groups is 1. The maximum Gasteiger partial charge on any atom is 0.306 e. The van der Waals surface area contributed by atoms with E-state index in [4.69, 9.17) is 4.98 Å². The Morgan fingerprint density at radius 1 is 0.968 bits per heavy atom. The fourth-order valence-corrected chi connectivity index (χ4v) is 9.51. The van der Waals surface area contributed by atoms with Gasteiger partial charge in [0.05, 0.1) is 17.5 Å². The van der Waals surface area contributed by atoms with Gasteiger partial charge in [0.1, 0.15) is 10.7 Å². The Balaban J connectivity index is 1.56. The zero-order chi connectivity index (χ0) is 46.6. The third-order valence-electron chi connectivity index (χ3n) is 13.3. The quantitative estimate of drug-likeness (QED) is 0.0732. The van der Waals surface area contributed by atoms with Gasteiger partial charge in [0.2, 0.25) is 11.8 Å². The van der Waals surface area contributed by atoms with Crippen molar-refractivity contribution in [3.8, 4) is 0 Å². The zero-order valence-corrected chi connectivity index (χ0v) is 39.6. The lowest BCUT2D eigenvalue weighted by molar-refractivity contribution is -0.143. The van der Waals surface area contributed by atoms with Gasteiger partial charge in [-0.15, -0.1) is 11.3 Å². The fourth-order valence-electron chi connectivity index (χ4n) is 8.64. The van der Waals surface area contributed by atoms with Gasteiger partial charge in [0.25, 0.3) is 17.7 Å². The molecule has 0 saturated carbocycles. The van der Waals surface area contributed by atoms with Crippen molar-refractivity contribution in [1.29, 1.82) is 0 Å². The number of aryl methyl sites for hydroxylation is 1. The highest BCUT2D eigenvalue weighted by Crippen LogP contribution is 2.34. The number of carbonyl (C=O) groups is 7. The number of nitrogens with zero attached hydrogens (tertiary/aromatic N) is 4. The van der Waals surface area contributed by atoms with Crippen LogP contribution >= 0.6 is 11.3 Å². The number of carboxylic acid groups (broad SMARTS) is 1. The summed E-state index contributed by atoms with van der Waals surface area (Å²) in [5.74, 6) is -3.72. The van der Waals surface area contributed by atoms with Crippen LogP contribution in [-0.4, -0.2) is 111 Å². The number of thiazole rings is 1. The lowest BCUT2D eigenvalue weighted by Crippen LogP contribution is -2.50. The molecule has 0 spiro atoms. The van der Waals surface area contributed by atoms with Gasteiger partial charge in [0, 0.05) is 62.0 Å². The van der Waals surface area contributed by atoms with E-state index in [1.807, 2.05) is 72.9 Å². The Kier molecular flexibility index (Phi) is 18.8. The van der Waals surface area contributed by atoms with Crippen molar-refractivity contribution >= 4 is 52.6 Å². The number of hydrogen-bond acceptors (Lipinski definition) is 10. The number of benzene rings is 1. The summed E-state index contributed by atoms with van der Waals surface area (Å²) < 4.78 is 0. The van der Waals surface area contributed by atoms with Gasteiger partial charge >= 0.3 is 5.97 Å². The molecule has 346 valence electrons. The number of rotatable bonds is 25. The number of carboxylic acids is 1. The monoisotopic (exact) mass is 890 g/mol. The van der Waals surface area contributed by atoms with Gasteiger partial charge in [0.15, 0.2) is 5.78 Å². The van der Waals surface area contributed by atoms with Crippen LogP contribution in [0.2, 0.25) is 0 Å². The summed E-state index contributed by atoms with van der Waals surface area (Å²) in [6, 6.07) is 6.33. The Labute approximate surface area is 377 Å². The first kappa shape index (κ1) is 50.9. The molecule has 1 aromatic carbocycles. The van der Waals surface area contributed by atoms with Crippen LogP contribution in [0, 0.1) is 30.6 Å². The standard InChI is InChI=1S/C48H70N6O8S/c1-10-32(5)36(27-40(55)48(7)22-14-23-52(48)8)46(60)53(9)39(30(2)3)28-37(50-41(56)15-12-11-13-24-54-42(57)20-21-43(54)58)45-51-38(29-63-45)44(59)49-35(25-33(6)47(61)62)26-34-18-16-31(4)17-19-34/h16-21,29-30,32-33,35-37,39H,10-15,22-28H2,1-9H3,(H,49,59)(H,50,56)(H,61,62)/t32-,33-,35+,36-,37+,39+,48+/m0/s1. The van der Waals surface area contributed by atoms with E-state index >= 15 is 0 Å². The molecule has 2 aliphatic rings. The van der Waals surface area contributed by atoms with Gasteiger partial charge in [-0.1, -0.05) is 77.3 Å². The average molecular weight is 891 g/mol. The van der Waals surface area contributed by atoms with E-state index in [1.54, 1.807) is 24.3 Å². The number of carbonyl (C=O) groups excluding carboxylic acids is 6. The second-order valence-electron chi connectivity index (χ2n) is 18.4. The minimum absolute atomic E-state index is 0.0474. The van der Waals surface area contributed by atoms with Gasteiger partial charge in [-0.3, -0.25) is 43.4 Å². The molecule has 1 fully saturated rings. The number of hydrogen-bond donors (Lipinski definition) is 3. The van der Waals surface area contributed by atoms with E-state index < -0.39 is 41.3 Å². The minimum Gasteiger partial charge on any atom is -0.481 e. The second kappa shape index (κ2) is 23.3. The van der Waals surface area contributed by atoms with Gasteiger partial charge in [-0.05, 0) is 89.8 Å². The summed E-state index contributed by atoms with van der Waals surface area (Å²) in [7, 11) is 3.74. The number of aromatic nitrogens is 1. The largest absolute Gasteiger partial charge is 0.481 e. The van der Waals surface area contributed by atoms with Crippen molar-refractivity contribution in [2.45, 2.75) is 143 Å². The molecule has 0 unspecified atom stereocenters. The molecule has 0 bridgehead atoms. The van der Waals surface area contributed by atoms with E-state index in [-0.39, 0.29) is 78.8 Å². The van der Waals surface area contributed by atoms with Crippen LogP contribution < -0.4 is 10.6 Å². The molecule has 2 aliphatic heterocycles. The highest BCUT2D eigenvalue weighted by Gasteiger charge is 2.44. The highest BCUT2D eigenvalue weighted by molar-refractivity contribution is 7.09. The number of amides is 5. The molecule has 7 atom stereocenters. The summed E-state index contributed by atoms with van der Waals surface area (Å²) in [6.07, 6.45) is 7.82. The molecular weight excluding hydrogens is 821 g/mol. The maximum absolute atomic E-state index is 14.6. The average Bonchev–Trinajstić information content (AvgIpc) is 3.96. The van der Waals surface area contributed by atoms with Crippen molar-refractivity contribution in [3.63, 3.8) is 0 Å². The maximum atomic E-state index is 14.6. The number of ketones is 1. The Bertz CT molecular complexity index is 1950. The molecule has 15 heteroatoms. The van der Waals surface area contributed by atoms with Crippen LogP contribution in [0.4, 0.5) is 0 Å². The first-order valence-electron chi connectivity index (χ1n) is 22.6. The molecule has 3 heterocycles. The summed E-state index contributed by atoms with van der Waals surface area (Å²) in [4.78, 5) is 102. The summed E-state index contributed by atoms with van der Waals surface area (Å²) in [5, 5.41) is 18.0. The summed E-state index contributed by atoms with van der Waals surface area (Å²) >= 11 is 1.23. The lowest BCUT2D eigenvalue weighted by Gasteiger charge is -2.38. The zero-order valence-electron chi connectivity index (χ0n) is 38.8. The Hall–Kier alpha value is -4.76. The van der Waals surface area contributed by atoms with E-state index in [2.05, 4.69) is 15.5 Å². The first-order valence-corrected chi connectivity index (χ1v) is 23.5. The van der Waals surface area contributed by atoms with E-state index in [0.717, 1.165) is 36.9 Å². The van der Waals surface area contributed by atoms with Crippen LogP contribution in [0.25, 0.3) is 0 Å². The van der Waals surface area contributed by atoms with Crippen LogP contribution in [-0.2, 0) is 35.2 Å². The molecule has 5 amide bonds. The van der Waals surface area contributed by atoms with Gasteiger partial charge in [-0.25, -0.2) is 4.98 Å². The van der Waals surface area contributed by atoms with Crippen LogP contribution in [0.3, 0.4) is 0 Å². The molecular formula is C48H70N6O8S. The predicted molar refractivity (Wildman–Crippen MR) is 244 cm³/mol. The smallest absolute Gasteiger partial charge is 0.306 e. The third-order valence-corrected chi connectivity index (χ3v) is 14.3. The van der Waals surface area contributed by atoms with E-state index in [0.29, 0.717) is 37.1 Å². The lowest BCUT2D eigenvalue weighted by atomic mass is 9.80. The van der Waals surface area contributed by atoms with Crippen LogP contribution in [0.5, 0.6) is 0 Å². The molecule has 4 rings (SSSR count). The molecule has 1 saturated heterocycles. The SMILES string of the molecule is CC[C@H](C)[C@H](CC(=O)[C@@]1(C)CCCN1C)C(=O)N(C)[C@H](C[C@@H](NC(=O)CCCCCN1C(=O)C=CC1=O)c1nc(C(=O)N[C@@H](Cc2ccc(C)cc2)C[C@H](C)C(=O)O)cs1)C(C)C. The van der Waals surface area contributed by atoms with E-state index in [1.165, 1.54) is 28.4 Å². The van der Waals surface area contributed by atoms with E-state index in [9.17, 15) is 38.7 Å². The molecule has 1 aromatic heterocycles. The molecule has 14 nitrogen and oxygen atoms in total. The topological polar surface area (TPSA) is 186 Å². The number of Topliss-reactive ketones (excluding diaryl/α,β-unsaturated/α-hetero) is 1. The van der Waals surface area contributed by atoms with Crippen molar-refractivity contribution in [1.82, 2.24) is 30.3 Å². The Morgan fingerprint density at radius 3 is 2.22 bits per heavy atom. The predicted octanol–water partition coefficient (Wildman–Crippen LogP) is 6.53. The minimum atomic E-state index is -0.956. The molecule has 63 heavy (non-hydrogen) atoms. The number of likely N-dealkylation sites (tertiary alicyclic amines) is 1. The normalized spacial score (nSPS) is 19.4. The number of unbranched alkanes of at least 4 members (excludes halogenated alkanes) is 2. The summed E-state index contributed by atoms with van der Waals surface area (Å²) in [5.41, 5.74) is 1.57. The van der Waals surface area contributed by atoms with Gasteiger partial charge < -0.3 is 20.6 Å². The fraction of sp³-hybridized carbons (Fsp3) is 0.625. The molecule has 2 aromatic rings. The van der Waals surface area contributed by atoms with Crippen molar-refractivity contribution in [3.05, 3.63) is 63.6 Å². The highest BCUT2D eigenvalue weighted by atomic mass is 32.1. The molecule has 0 aliphatic carbocycles. The third kappa shape index (κ3) is 13.9. The second-order valence-corrected chi connectivity index (χ2v) is 19.3. The molecule has 3 N–H and O–H groups in total.